The topological polar surface area (TPSA) is 59.0 Å². The van der Waals surface area contributed by atoms with E-state index in [0.29, 0.717) is 5.92 Å². The zero-order chi connectivity index (χ0) is 13.8. The van der Waals surface area contributed by atoms with Crippen LogP contribution in [0, 0.1) is 0 Å². The van der Waals surface area contributed by atoms with Crippen molar-refractivity contribution in [3.05, 3.63) is 23.8 Å². The number of methoxy groups -OCH3 is 2. The number of hydrogen-bond acceptors (Lipinski definition) is 4. The quantitative estimate of drug-likeness (QED) is 0.876. The molecule has 1 saturated heterocycles. The van der Waals surface area contributed by atoms with Gasteiger partial charge in [-0.3, -0.25) is 9.69 Å². The first-order valence-corrected chi connectivity index (χ1v) is 6.29. The molecule has 1 aliphatic rings. The summed E-state index contributed by atoms with van der Waals surface area (Å²) in [6, 6.07) is 5.84. The Labute approximate surface area is 112 Å². The highest BCUT2D eigenvalue weighted by atomic mass is 16.5. The van der Waals surface area contributed by atoms with Crippen LogP contribution in [0.25, 0.3) is 0 Å². The van der Waals surface area contributed by atoms with Crippen molar-refractivity contribution in [2.75, 3.05) is 33.9 Å². The Kier molecular flexibility index (Phi) is 4.27. The number of carboxylic acid groups (broad SMARTS) is 1. The summed E-state index contributed by atoms with van der Waals surface area (Å²) in [6.45, 7) is 1.69. The van der Waals surface area contributed by atoms with Crippen LogP contribution < -0.4 is 9.47 Å². The largest absolute Gasteiger partial charge is 0.497 e. The van der Waals surface area contributed by atoms with Gasteiger partial charge in [0.25, 0.3) is 0 Å². The Balaban J connectivity index is 2.12. The van der Waals surface area contributed by atoms with Gasteiger partial charge in [0, 0.05) is 12.6 Å². The van der Waals surface area contributed by atoms with Crippen LogP contribution in [0.3, 0.4) is 0 Å². The van der Waals surface area contributed by atoms with Crippen molar-refractivity contribution in [3.8, 4) is 11.5 Å². The fourth-order valence-electron chi connectivity index (χ4n) is 2.50. The summed E-state index contributed by atoms with van der Waals surface area (Å²) in [5, 5.41) is 8.81. The molecule has 1 aromatic rings. The lowest BCUT2D eigenvalue weighted by Gasteiger charge is -2.15. The van der Waals surface area contributed by atoms with Gasteiger partial charge in [0.1, 0.15) is 11.5 Å². The van der Waals surface area contributed by atoms with E-state index in [1.807, 2.05) is 23.1 Å². The molecule has 1 aliphatic heterocycles. The molecule has 0 aliphatic carbocycles. The van der Waals surface area contributed by atoms with Crippen LogP contribution >= 0.6 is 0 Å². The molecule has 1 fully saturated rings. The van der Waals surface area contributed by atoms with Crippen LogP contribution in [0.4, 0.5) is 0 Å². The molecular weight excluding hydrogens is 246 g/mol. The van der Waals surface area contributed by atoms with Crippen molar-refractivity contribution in [1.29, 1.82) is 0 Å². The highest BCUT2D eigenvalue weighted by Gasteiger charge is 2.25. The van der Waals surface area contributed by atoms with E-state index in [1.165, 1.54) is 0 Å². The molecule has 1 N–H and O–H groups in total. The van der Waals surface area contributed by atoms with Gasteiger partial charge < -0.3 is 14.6 Å². The highest BCUT2D eigenvalue weighted by Crippen LogP contribution is 2.32. The Morgan fingerprint density at radius 2 is 1.95 bits per heavy atom. The Morgan fingerprint density at radius 1 is 1.32 bits per heavy atom. The first kappa shape index (κ1) is 13.7. The van der Waals surface area contributed by atoms with Crippen LogP contribution in [0.5, 0.6) is 11.5 Å². The standard InChI is InChI=1S/C14H19NO4/c1-18-12-5-11(6-13(7-12)19-2)10-3-4-15(8-10)9-14(16)17/h5-7,10H,3-4,8-9H2,1-2H3,(H,16,17)/t10-/m1/s1. The van der Waals surface area contributed by atoms with E-state index in [1.54, 1.807) is 14.2 Å². The number of likely N-dealkylation sites (tertiary alicyclic amines) is 1. The summed E-state index contributed by atoms with van der Waals surface area (Å²) in [4.78, 5) is 12.7. The lowest BCUT2D eigenvalue weighted by atomic mass is 9.98. The fraction of sp³-hybridized carbons (Fsp3) is 0.500. The SMILES string of the molecule is COc1cc(OC)cc([C@@H]2CCN(CC(=O)O)C2)c1. The third-order valence-electron chi connectivity index (χ3n) is 3.48. The van der Waals surface area contributed by atoms with Gasteiger partial charge >= 0.3 is 5.97 Å². The molecule has 2 rings (SSSR count). The van der Waals surface area contributed by atoms with E-state index in [2.05, 4.69) is 0 Å². The Morgan fingerprint density at radius 3 is 2.47 bits per heavy atom. The zero-order valence-corrected chi connectivity index (χ0v) is 11.3. The highest BCUT2D eigenvalue weighted by molar-refractivity contribution is 5.69. The minimum absolute atomic E-state index is 0.109. The number of nitrogens with zero attached hydrogens (tertiary/aromatic N) is 1. The summed E-state index contributed by atoms with van der Waals surface area (Å²) in [6.07, 6.45) is 0.962. The van der Waals surface area contributed by atoms with E-state index < -0.39 is 5.97 Å². The van der Waals surface area contributed by atoms with E-state index >= 15 is 0 Å². The second-order valence-electron chi connectivity index (χ2n) is 4.76. The van der Waals surface area contributed by atoms with Crippen LogP contribution in [0.15, 0.2) is 18.2 Å². The van der Waals surface area contributed by atoms with Crippen molar-refractivity contribution in [1.82, 2.24) is 4.90 Å². The van der Waals surface area contributed by atoms with E-state index in [9.17, 15) is 4.79 Å². The number of carbonyl (C=O) groups is 1. The number of benzene rings is 1. The molecule has 0 radical (unpaired) electrons. The molecule has 19 heavy (non-hydrogen) atoms. The number of rotatable bonds is 5. The minimum atomic E-state index is -0.774. The number of aliphatic carboxylic acids is 1. The molecule has 0 aromatic heterocycles. The lowest BCUT2D eigenvalue weighted by Crippen LogP contribution is -2.27. The fourth-order valence-corrected chi connectivity index (χ4v) is 2.50. The summed E-state index contributed by atoms with van der Waals surface area (Å²) in [7, 11) is 3.26. The average molecular weight is 265 g/mol. The molecule has 0 saturated carbocycles. The number of carboxylic acids is 1. The molecule has 5 nitrogen and oxygen atoms in total. The smallest absolute Gasteiger partial charge is 0.317 e. The summed E-state index contributed by atoms with van der Waals surface area (Å²) in [5.41, 5.74) is 1.14. The van der Waals surface area contributed by atoms with Gasteiger partial charge in [0.05, 0.1) is 20.8 Å². The van der Waals surface area contributed by atoms with Gasteiger partial charge in [0.2, 0.25) is 0 Å². The molecular formula is C14H19NO4. The molecule has 0 unspecified atom stereocenters. The zero-order valence-electron chi connectivity index (χ0n) is 11.3. The number of hydrogen-bond donors (Lipinski definition) is 1. The second-order valence-corrected chi connectivity index (χ2v) is 4.76. The van der Waals surface area contributed by atoms with Gasteiger partial charge in [-0.1, -0.05) is 0 Å². The Hall–Kier alpha value is -1.75. The molecule has 1 aromatic carbocycles. The van der Waals surface area contributed by atoms with Crippen molar-refractivity contribution in [2.45, 2.75) is 12.3 Å². The first-order valence-electron chi connectivity index (χ1n) is 6.29. The predicted molar refractivity (Wildman–Crippen MR) is 71.0 cm³/mol. The maximum absolute atomic E-state index is 10.7. The first-order chi connectivity index (χ1) is 9.12. The van der Waals surface area contributed by atoms with E-state index in [4.69, 9.17) is 14.6 Å². The van der Waals surface area contributed by atoms with E-state index in [-0.39, 0.29) is 6.54 Å². The van der Waals surface area contributed by atoms with Crippen molar-refractivity contribution < 1.29 is 19.4 Å². The van der Waals surface area contributed by atoms with Crippen molar-refractivity contribution in [3.63, 3.8) is 0 Å². The maximum Gasteiger partial charge on any atom is 0.317 e. The van der Waals surface area contributed by atoms with Crippen LogP contribution in [-0.4, -0.2) is 49.8 Å². The normalized spacial score (nSPS) is 19.4. The van der Waals surface area contributed by atoms with Crippen molar-refractivity contribution >= 4 is 5.97 Å². The molecule has 1 atom stereocenters. The summed E-state index contributed by atoms with van der Waals surface area (Å²) in [5.74, 6) is 1.10. The van der Waals surface area contributed by atoms with Gasteiger partial charge in [-0.2, -0.15) is 0 Å². The molecule has 1 heterocycles. The molecule has 104 valence electrons. The van der Waals surface area contributed by atoms with Gasteiger partial charge in [-0.15, -0.1) is 0 Å². The second kappa shape index (κ2) is 5.93. The molecule has 0 spiro atoms. The van der Waals surface area contributed by atoms with E-state index in [0.717, 1.165) is 36.6 Å². The number of ether oxygens (including phenoxy) is 2. The van der Waals surface area contributed by atoms with Gasteiger partial charge in [0.15, 0.2) is 0 Å². The third-order valence-corrected chi connectivity index (χ3v) is 3.48. The third kappa shape index (κ3) is 3.38. The summed E-state index contributed by atoms with van der Waals surface area (Å²) >= 11 is 0. The monoisotopic (exact) mass is 265 g/mol. The van der Waals surface area contributed by atoms with Gasteiger partial charge in [-0.25, -0.2) is 0 Å². The maximum atomic E-state index is 10.7. The average Bonchev–Trinajstić information content (AvgIpc) is 2.85. The Bertz CT molecular complexity index is 439. The van der Waals surface area contributed by atoms with Gasteiger partial charge in [-0.05, 0) is 36.6 Å². The van der Waals surface area contributed by atoms with Crippen LogP contribution in [0.1, 0.15) is 17.9 Å². The predicted octanol–water partition coefficient (Wildman–Crippen LogP) is 1.58. The minimum Gasteiger partial charge on any atom is -0.497 e. The lowest BCUT2D eigenvalue weighted by molar-refractivity contribution is -0.138. The summed E-state index contributed by atoms with van der Waals surface area (Å²) < 4.78 is 10.5. The molecule has 0 bridgehead atoms. The molecule has 5 heteroatoms. The van der Waals surface area contributed by atoms with Crippen LogP contribution in [0.2, 0.25) is 0 Å². The molecule has 0 amide bonds. The van der Waals surface area contributed by atoms with Crippen LogP contribution in [-0.2, 0) is 4.79 Å². The van der Waals surface area contributed by atoms with Crippen molar-refractivity contribution in [2.24, 2.45) is 0 Å².